The van der Waals surface area contributed by atoms with E-state index in [1.807, 2.05) is 6.92 Å². The maximum absolute atomic E-state index is 10.0. The molecule has 5 nitrogen and oxygen atoms in total. The van der Waals surface area contributed by atoms with Gasteiger partial charge in [0.1, 0.15) is 10.6 Å². The molecule has 0 aromatic carbocycles. The van der Waals surface area contributed by atoms with Crippen molar-refractivity contribution in [3.05, 3.63) is 10.9 Å². The van der Waals surface area contributed by atoms with E-state index < -0.39 is 5.60 Å². The Morgan fingerprint density at radius 2 is 2.05 bits per heavy atom. The van der Waals surface area contributed by atoms with Gasteiger partial charge < -0.3 is 15.7 Å². The van der Waals surface area contributed by atoms with Gasteiger partial charge in [-0.05, 0) is 32.8 Å². The smallest absolute Gasteiger partial charge is 0.223 e. The molecule has 0 saturated carbocycles. The Morgan fingerprint density at radius 1 is 1.37 bits per heavy atom. The van der Waals surface area contributed by atoms with Gasteiger partial charge in [0.2, 0.25) is 5.95 Å². The Labute approximate surface area is 116 Å². The summed E-state index contributed by atoms with van der Waals surface area (Å²) in [4.78, 5) is 13.0. The number of thiophene rings is 1. The molecule has 0 spiro atoms. The fourth-order valence-electron chi connectivity index (χ4n) is 2.48. The van der Waals surface area contributed by atoms with Crippen LogP contribution < -0.4 is 10.6 Å². The first-order valence-corrected chi connectivity index (χ1v) is 7.27. The van der Waals surface area contributed by atoms with Crippen LogP contribution >= 0.6 is 11.3 Å². The van der Waals surface area contributed by atoms with Crippen LogP contribution in [0, 0.1) is 6.92 Å². The van der Waals surface area contributed by atoms with Gasteiger partial charge in [-0.25, -0.2) is 4.98 Å². The highest BCUT2D eigenvalue weighted by Crippen LogP contribution is 2.33. The molecule has 1 aliphatic rings. The lowest BCUT2D eigenvalue weighted by Gasteiger charge is -2.36. The van der Waals surface area contributed by atoms with Crippen LogP contribution in [0.25, 0.3) is 10.2 Å². The van der Waals surface area contributed by atoms with E-state index in [1.165, 1.54) is 4.88 Å². The van der Waals surface area contributed by atoms with E-state index in [2.05, 4.69) is 27.9 Å². The third kappa shape index (κ3) is 2.37. The van der Waals surface area contributed by atoms with E-state index in [0.717, 1.165) is 42.0 Å². The van der Waals surface area contributed by atoms with Crippen molar-refractivity contribution in [1.82, 2.24) is 9.97 Å². The van der Waals surface area contributed by atoms with Crippen LogP contribution in [0.4, 0.5) is 11.8 Å². The quantitative estimate of drug-likeness (QED) is 0.833. The molecule has 2 aromatic rings. The van der Waals surface area contributed by atoms with Crippen molar-refractivity contribution in [2.45, 2.75) is 32.3 Å². The van der Waals surface area contributed by atoms with Crippen molar-refractivity contribution >= 4 is 33.3 Å². The number of aliphatic hydroxyl groups is 1. The molecule has 6 heteroatoms. The van der Waals surface area contributed by atoms with E-state index in [1.54, 1.807) is 11.3 Å². The van der Waals surface area contributed by atoms with E-state index in [4.69, 9.17) is 5.73 Å². The van der Waals surface area contributed by atoms with Gasteiger partial charge >= 0.3 is 0 Å². The molecule has 3 rings (SSSR count). The number of hydrogen-bond acceptors (Lipinski definition) is 6. The van der Waals surface area contributed by atoms with Crippen molar-refractivity contribution in [2.75, 3.05) is 23.7 Å². The first-order valence-electron chi connectivity index (χ1n) is 6.46. The Kier molecular flexibility index (Phi) is 2.87. The Morgan fingerprint density at radius 3 is 2.74 bits per heavy atom. The summed E-state index contributed by atoms with van der Waals surface area (Å²) in [7, 11) is 0. The van der Waals surface area contributed by atoms with E-state index in [-0.39, 0.29) is 0 Å². The topological polar surface area (TPSA) is 75.3 Å². The van der Waals surface area contributed by atoms with Crippen LogP contribution in [0.1, 0.15) is 24.6 Å². The summed E-state index contributed by atoms with van der Waals surface area (Å²) in [6.45, 7) is 5.55. The number of aromatic nitrogens is 2. The monoisotopic (exact) mass is 278 g/mol. The van der Waals surface area contributed by atoms with Gasteiger partial charge in [0.25, 0.3) is 0 Å². The number of nitrogens with two attached hydrogens (primary N) is 1. The van der Waals surface area contributed by atoms with E-state index >= 15 is 0 Å². The number of piperidine rings is 1. The minimum atomic E-state index is -0.557. The number of nitrogens with zero attached hydrogens (tertiary/aromatic N) is 3. The molecular formula is C13H18N4OS. The summed E-state index contributed by atoms with van der Waals surface area (Å²) in [6, 6.07) is 2.11. The van der Waals surface area contributed by atoms with E-state index in [0.29, 0.717) is 5.95 Å². The molecule has 3 N–H and O–H groups in total. The number of nitrogen functional groups attached to an aromatic ring is 1. The van der Waals surface area contributed by atoms with Crippen LogP contribution in [0.2, 0.25) is 0 Å². The first kappa shape index (κ1) is 12.6. The van der Waals surface area contributed by atoms with Gasteiger partial charge in [-0.3, -0.25) is 0 Å². The van der Waals surface area contributed by atoms with Crippen molar-refractivity contribution in [3.63, 3.8) is 0 Å². The SMILES string of the molecule is Cc1cc2c(N3CCC(C)(O)CC3)nc(N)nc2s1. The highest BCUT2D eigenvalue weighted by molar-refractivity contribution is 7.18. The number of fused-ring (bicyclic) bond motifs is 1. The minimum absolute atomic E-state index is 0.321. The fraction of sp³-hybridized carbons (Fsp3) is 0.538. The maximum Gasteiger partial charge on any atom is 0.223 e. The molecule has 0 unspecified atom stereocenters. The fourth-order valence-corrected chi connectivity index (χ4v) is 3.37. The molecule has 0 amide bonds. The molecule has 1 aliphatic heterocycles. The standard InChI is InChI=1S/C13H18N4OS/c1-8-7-9-10(15-12(14)16-11(9)19-8)17-5-3-13(2,18)4-6-17/h7,18H,3-6H2,1-2H3,(H2,14,15,16). The molecule has 3 heterocycles. The number of hydrogen-bond donors (Lipinski definition) is 2. The summed E-state index contributed by atoms with van der Waals surface area (Å²) in [6.07, 6.45) is 1.50. The van der Waals surface area contributed by atoms with Crippen LogP contribution in [-0.4, -0.2) is 33.8 Å². The Hall–Kier alpha value is -1.40. The van der Waals surface area contributed by atoms with Gasteiger partial charge in [-0.1, -0.05) is 0 Å². The third-order valence-electron chi connectivity index (χ3n) is 3.65. The van der Waals surface area contributed by atoms with Crippen LogP contribution in [0.5, 0.6) is 0 Å². The summed E-state index contributed by atoms with van der Waals surface area (Å²) >= 11 is 1.64. The number of rotatable bonds is 1. The second kappa shape index (κ2) is 4.31. The Balaban J connectivity index is 2.00. The highest BCUT2D eigenvalue weighted by Gasteiger charge is 2.29. The van der Waals surface area contributed by atoms with Crippen molar-refractivity contribution < 1.29 is 5.11 Å². The number of aryl methyl sites for hydroxylation is 1. The van der Waals surface area contributed by atoms with Gasteiger partial charge in [-0.15, -0.1) is 11.3 Å². The van der Waals surface area contributed by atoms with Gasteiger partial charge in [0, 0.05) is 18.0 Å². The molecule has 1 fully saturated rings. The Bertz CT molecular complexity index is 612. The van der Waals surface area contributed by atoms with Crippen molar-refractivity contribution in [1.29, 1.82) is 0 Å². The summed E-state index contributed by atoms with van der Waals surface area (Å²) in [5.74, 6) is 1.23. The number of anilines is 2. The van der Waals surface area contributed by atoms with Gasteiger partial charge in [0.05, 0.1) is 11.0 Å². The molecule has 2 aromatic heterocycles. The van der Waals surface area contributed by atoms with Crippen LogP contribution in [0.3, 0.4) is 0 Å². The van der Waals surface area contributed by atoms with E-state index in [9.17, 15) is 5.11 Å². The largest absolute Gasteiger partial charge is 0.390 e. The molecule has 0 radical (unpaired) electrons. The average molecular weight is 278 g/mol. The summed E-state index contributed by atoms with van der Waals surface area (Å²) in [5.41, 5.74) is 5.25. The predicted octanol–water partition coefficient (Wildman–Crippen LogP) is 1.93. The lowest BCUT2D eigenvalue weighted by atomic mass is 9.94. The molecule has 19 heavy (non-hydrogen) atoms. The second-order valence-corrected chi connectivity index (χ2v) is 6.70. The summed E-state index contributed by atoms with van der Waals surface area (Å²) < 4.78 is 0. The lowest BCUT2D eigenvalue weighted by molar-refractivity contribution is 0.0350. The normalized spacial score (nSPS) is 19.0. The van der Waals surface area contributed by atoms with Crippen molar-refractivity contribution in [3.8, 4) is 0 Å². The van der Waals surface area contributed by atoms with Gasteiger partial charge in [-0.2, -0.15) is 4.98 Å². The lowest BCUT2D eigenvalue weighted by Crippen LogP contribution is -2.42. The first-order chi connectivity index (χ1) is 8.94. The van der Waals surface area contributed by atoms with Gasteiger partial charge in [0.15, 0.2) is 0 Å². The minimum Gasteiger partial charge on any atom is -0.390 e. The zero-order valence-corrected chi connectivity index (χ0v) is 12.0. The second-order valence-electron chi connectivity index (χ2n) is 5.47. The van der Waals surface area contributed by atoms with Crippen LogP contribution in [0.15, 0.2) is 6.07 Å². The molecule has 0 bridgehead atoms. The summed E-state index contributed by atoms with van der Waals surface area (Å²) in [5, 5.41) is 11.1. The molecular weight excluding hydrogens is 260 g/mol. The molecule has 102 valence electrons. The molecule has 0 aliphatic carbocycles. The van der Waals surface area contributed by atoms with Crippen molar-refractivity contribution in [2.24, 2.45) is 0 Å². The zero-order chi connectivity index (χ0) is 13.6. The molecule has 0 atom stereocenters. The highest BCUT2D eigenvalue weighted by atomic mass is 32.1. The average Bonchev–Trinajstić information content (AvgIpc) is 2.68. The third-order valence-corrected chi connectivity index (χ3v) is 4.60. The zero-order valence-electron chi connectivity index (χ0n) is 11.2. The molecule has 1 saturated heterocycles. The van der Waals surface area contributed by atoms with Crippen LogP contribution in [-0.2, 0) is 0 Å². The predicted molar refractivity (Wildman–Crippen MR) is 78.6 cm³/mol. The maximum atomic E-state index is 10.0.